The van der Waals surface area contributed by atoms with Gasteiger partial charge < -0.3 is 26.0 Å². The molecule has 0 unspecified atom stereocenters. The van der Waals surface area contributed by atoms with E-state index in [1.165, 1.54) is 0 Å². The molecule has 112 valence electrons. The number of nitrogens with two attached hydrogens (primary N) is 1. The molecule has 0 aliphatic rings. The van der Waals surface area contributed by atoms with Crippen LogP contribution in [0.25, 0.3) is 0 Å². The van der Waals surface area contributed by atoms with E-state index in [1.807, 2.05) is 19.0 Å². The van der Waals surface area contributed by atoms with Crippen molar-refractivity contribution in [1.82, 2.24) is 4.90 Å². The van der Waals surface area contributed by atoms with Crippen LogP contribution in [-0.4, -0.2) is 51.3 Å². The van der Waals surface area contributed by atoms with Gasteiger partial charge in [0, 0.05) is 13.1 Å². The Labute approximate surface area is 116 Å². The van der Waals surface area contributed by atoms with Crippen LogP contribution in [0.15, 0.2) is 9.59 Å². The summed E-state index contributed by atoms with van der Waals surface area (Å²) in [7, 11) is 3.92. The average Bonchev–Trinajstić information content (AvgIpc) is 2.38. The van der Waals surface area contributed by atoms with E-state index in [1.54, 1.807) is 0 Å². The lowest BCUT2D eigenvalue weighted by Crippen LogP contribution is -2.38. The summed E-state index contributed by atoms with van der Waals surface area (Å²) in [5.74, 6) is 0. The maximum atomic E-state index is 11.4. The van der Waals surface area contributed by atoms with E-state index in [4.69, 9.17) is 5.73 Å². The third kappa shape index (κ3) is 4.54. The molecule has 1 amide bonds. The molecule has 0 fully saturated rings. The molecule has 0 bridgehead atoms. The molecule has 1 rings (SSSR count). The monoisotopic (exact) mass is 284 g/mol. The van der Waals surface area contributed by atoms with Crippen LogP contribution in [0.4, 0.5) is 16.2 Å². The largest absolute Gasteiger partial charge is 0.448 e. The van der Waals surface area contributed by atoms with Crippen LogP contribution >= 0.6 is 0 Å². The van der Waals surface area contributed by atoms with Crippen molar-refractivity contribution in [2.75, 3.05) is 51.0 Å². The lowest BCUT2D eigenvalue weighted by molar-refractivity contribution is 0.161. The highest BCUT2D eigenvalue weighted by Crippen LogP contribution is 2.13. The SMILES string of the molecule is CN(C)CCCNc1c(NCCOC(N)=O)c(=O)c1=O. The third-order valence-corrected chi connectivity index (χ3v) is 2.64. The summed E-state index contributed by atoms with van der Waals surface area (Å²) >= 11 is 0. The van der Waals surface area contributed by atoms with Crippen LogP contribution < -0.4 is 27.2 Å². The third-order valence-electron chi connectivity index (χ3n) is 2.64. The van der Waals surface area contributed by atoms with Gasteiger partial charge in [0.1, 0.15) is 18.0 Å². The first-order chi connectivity index (χ1) is 9.43. The summed E-state index contributed by atoms with van der Waals surface area (Å²) in [6.07, 6.45) is -0.0189. The van der Waals surface area contributed by atoms with Gasteiger partial charge in [0.25, 0.3) is 10.9 Å². The number of carbonyl (C=O) groups is 1. The van der Waals surface area contributed by atoms with Gasteiger partial charge in [-0.05, 0) is 27.1 Å². The molecule has 0 saturated heterocycles. The minimum atomic E-state index is -0.876. The summed E-state index contributed by atoms with van der Waals surface area (Å²) in [6, 6.07) is 0. The van der Waals surface area contributed by atoms with Crippen molar-refractivity contribution in [2.45, 2.75) is 6.42 Å². The molecule has 4 N–H and O–H groups in total. The molecular weight excluding hydrogens is 264 g/mol. The normalized spacial score (nSPS) is 10.8. The number of rotatable bonds is 9. The molecule has 20 heavy (non-hydrogen) atoms. The predicted octanol–water partition coefficient (Wildman–Crippen LogP) is -0.847. The van der Waals surface area contributed by atoms with E-state index in [-0.39, 0.29) is 18.8 Å². The summed E-state index contributed by atoms with van der Waals surface area (Å²) in [5.41, 5.74) is 4.27. The van der Waals surface area contributed by atoms with Gasteiger partial charge in [-0.2, -0.15) is 0 Å². The minimum absolute atomic E-state index is 0.0359. The number of ether oxygens (including phenoxy) is 1. The smallest absolute Gasteiger partial charge is 0.404 e. The lowest BCUT2D eigenvalue weighted by atomic mass is 10.2. The van der Waals surface area contributed by atoms with Gasteiger partial charge >= 0.3 is 6.09 Å². The maximum absolute atomic E-state index is 11.4. The van der Waals surface area contributed by atoms with Crippen molar-refractivity contribution in [3.8, 4) is 0 Å². The van der Waals surface area contributed by atoms with E-state index in [9.17, 15) is 14.4 Å². The average molecular weight is 284 g/mol. The van der Waals surface area contributed by atoms with Crippen molar-refractivity contribution in [3.05, 3.63) is 20.4 Å². The molecule has 0 aliphatic carbocycles. The van der Waals surface area contributed by atoms with Gasteiger partial charge in [-0.25, -0.2) is 4.79 Å². The quantitative estimate of drug-likeness (QED) is 0.400. The van der Waals surface area contributed by atoms with Gasteiger partial charge in [0.2, 0.25) is 0 Å². The van der Waals surface area contributed by atoms with Crippen molar-refractivity contribution in [3.63, 3.8) is 0 Å². The van der Waals surface area contributed by atoms with E-state index >= 15 is 0 Å². The zero-order valence-corrected chi connectivity index (χ0v) is 11.7. The zero-order valence-electron chi connectivity index (χ0n) is 11.7. The molecule has 1 aromatic carbocycles. The van der Waals surface area contributed by atoms with Crippen molar-refractivity contribution < 1.29 is 9.53 Å². The van der Waals surface area contributed by atoms with Crippen LogP contribution in [0.2, 0.25) is 0 Å². The topological polar surface area (TPSA) is 114 Å². The van der Waals surface area contributed by atoms with Crippen molar-refractivity contribution in [1.29, 1.82) is 0 Å². The Morgan fingerprint density at radius 2 is 1.70 bits per heavy atom. The number of nitrogens with one attached hydrogen (secondary N) is 2. The standard InChI is InChI=1S/C12H20N4O4/c1-16(2)6-3-4-14-8-9(11(18)10(8)17)15-5-7-20-12(13)19/h14-15H,3-7H2,1-2H3,(H2,13,19). The Morgan fingerprint density at radius 1 is 1.15 bits per heavy atom. The van der Waals surface area contributed by atoms with Gasteiger partial charge in [0.15, 0.2) is 0 Å². The van der Waals surface area contributed by atoms with Crippen LogP contribution in [0, 0.1) is 0 Å². The summed E-state index contributed by atoms with van der Waals surface area (Å²) in [6.45, 7) is 1.75. The second-order valence-electron chi connectivity index (χ2n) is 4.59. The minimum Gasteiger partial charge on any atom is -0.448 e. The molecule has 8 heteroatoms. The Bertz CT molecular complexity index is 520. The number of primary amides is 1. The first-order valence-corrected chi connectivity index (χ1v) is 6.31. The number of hydrogen-bond donors (Lipinski definition) is 3. The van der Waals surface area contributed by atoms with Gasteiger partial charge in [-0.1, -0.05) is 0 Å². The first kappa shape index (κ1) is 16.0. The molecule has 0 heterocycles. The van der Waals surface area contributed by atoms with Gasteiger partial charge in [0.05, 0.1) is 0 Å². The zero-order chi connectivity index (χ0) is 15.1. The van der Waals surface area contributed by atoms with Crippen molar-refractivity contribution >= 4 is 17.5 Å². The molecule has 0 atom stereocenters. The van der Waals surface area contributed by atoms with E-state index < -0.39 is 17.0 Å². The Morgan fingerprint density at radius 3 is 2.20 bits per heavy atom. The molecule has 0 spiro atoms. The Kier molecular flexibility index (Phi) is 5.98. The van der Waals surface area contributed by atoms with Crippen LogP contribution in [-0.2, 0) is 4.74 Å². The number of amides is 1. The molecule has 0 aliphatic heterocycles. The fraction of sp³-hybridized carbons (Fsp3) is 0.583. The Balaban J connectivity index is 2.40. The second kappa shape index (κ2) is 7.49. The lowest BCUT2D eigenvalue weighted by Gasteiger charge is -2.15. The summed E-state index contributed by atoms with van der Waals surface area (Å²) < 4.78 is 4.51. The highest BCUT2D eigenvalue weighted by Gasteiger charge is 2.19. The maximum Gasteiger partial charge on any atom is 0.404 e. The van der Waals surface area contributed by atoms with E-state index in [0.29, 0.717) is 12.2 Å². The highest BCUT2D eigenvalue weighted by atomic mass is 16.5. The Hall–Kier alpha value is -2.09. The fourth-order valence-electron chi connectivity index (χ4n) is 1.67. The fourth-order valence-corrected chi connectivity index (χ4v) is 1.67. The van der Waals surface area contributed by atoms with E-state index in [2.05, 4.69) is 15.4 Å². The number of nitrogens with zero attached hydrogens (tertiary/aromatic N) is 1. The molecule has 0 aromatic heterocycles. The van der Waals surface area contributed by atoms with Crippen molar-refractivity contribution in [2.24, 2.45) is 5.73 Å². The number of anilines is 2. The molecule has 0 radical (unpaired) electrons. The van der Waals surface area contributed by atoms with Gasteiger partial charge in [-0.15, -0.1) is 0 Å². The van der Waals surface area contributed by atoms with E-state index in [0.717, 1.165) is 13.0 Å². The number of carbonyl (C=O) groups excluding carboxylic acids is 1. The first-order valence-electron chi connectivity index (χ1n) is 6.31. The molecular formula is C12H20N4O4. The molecule has 8 nitrogen and oxygen atoms in total. The molecule has 1 aromatic rings. The van der Waals surface area contributed by atoms with Crippen LogP contribution in [0.1, 0.15) is 6.42 Å². The summed E-state index contributed by atoms with van der Waals surface area (Å²) in [4.78, 5) is 35.2. The second-order valence-corrected chi connectivity index (χ2v) is 4.59. The molecule has 0 saturated carbocycles. The number of hydrogen-bond acceptors (Lipinski definition) is 7. The van der Waals surface area contributed by atoms with Crippen LogP contribution in [0.5, 0.6) is 0 Å². The predicted molar refractivity (Wildman–Crippen MR) is 77.0 cm³/mol. The van der Waals surface area contributed by atoms with Gasteiger partial charge in [-0.3, -0.25) is 9.59 Å². The van der Waals surface area contributed by atoms with Crippen LogP contribution in [0.3, 0.4) is 0 Å². The highest BCUT2D eigenvalue weighted by molar-refractivity contribution is 5.74. The summed E-state index contributed by atoms with van der Waals surface area (Å²) in [5, 5.41) is 5.70.